The van der Waals surface area contributed by atoms with Crippen molar-refractivity contribution in [2.45, 2.75) is 26.7 Å². The molecule has 0 aliphatic rings. The van der Waals surface area contributed by atoms with Crippen molar-refractivity contribution in [3.63, 3.8) is 0 Å². The van der Waals surface area contributed by atoms with Crippen LogP contribution in [0.15, 0.2) is 60.3 Å². The van der Waals surface area contributed by atoms with Crippen LogP contribution in [-0.2, 0) is 6.42 Å². The molecule has 6 N–H and O–H groups in total. The van der Waals surface area contributed by atoms with Gasteiger partial charge < -0.3 is 22.2 Å². The molecule has 27 heavy (non-hydrogen) atoms. The van der Waals surface area contributed by atoms with Gasteiger partial charge in [-0.1, -0.05) is 55.8 Å². The number of rotatable bonds is 6. The molecule has 6 heteroatoms. The van der Waals surface area contributed by atoms with Gasteiger partial charge in [-0.25, -0.2) is 4.79 Å². The standard InChI is InChI=1S/C20H22N2O.CH4N2O/c1-3-5-15-6-8-16(9-7-15)17-10-12-18(13-11-17)20(23)22-19(4-2)14-21;2-1(3)4/h4,6-14,21H,3,5H2,1-2H3,(H,22,23);(H4,2,3,4)/b19-4+,21-14?;. The van der Waals surface area contributed by atoms with Crippen LogP contribution >= 0.6 is 0 Å². The minimum Gasteiger partial charge on any atom is -0.352 e. The largest absolute Gasteiger partial charge is 0.352 e. The van der Waals surface area contributed by atoms with Gasteiger partial charge in [-0.3, -0.25) is 4.79 Å². The Balaban J connectivity index is 0.000000828. The zero-order valence-electron chi connectivity index (χ0n) is 15.7. The number of allylic oxidation sites excluding steroid dienone is 2. The van der Waals surface area contributed by atoms with E-state index in [0.29, 0.717) is 11.3 Å². The van der Waals surface area contributed by atoms with Crippen LogP contribution in [0.3, 0.4) is 0 Å². The van der Waals surface area contributed by atoms with Crippen molar-refractivity contribution >= 4 is 18.2 Å². The summed E-state index contributed by atoms with van der Waals surface area (Å²) in [6, 6.07) is 15.2. The highest BCUT2D eigenvalue weighted by atomic mass is 16.2. The first-order chi connectivity index (χ1) is 12.9. The lowest BCUT2D eigenvalue weighted by atomic mass is 10.0. The van der Waals surface area contributed by atoms with E-state index in [9.17, 15) is 4.79 Å². The van der Waals surface area contributed by atoms with E-state index in [4.69, 9.17) is 10.2 Å². The van der Waals surface area contributed by atoms with Crippen LogP contribution in [-0.4, -0.2) is 18.2 Å². The molecule has 0 aliphatic heterocycles. The Morgan fingerprint density at radius 1 is 1.00 bits per heavy atom. The summed E-state index contributed by atoms with van der Waals surface area (Å²) in [7, 11) is 0. The lowest BCUT2D eigenvalue weighted by Gasteiger charge is -2.07. The second kappa shape index (κ2) is 11.3. The molecule has 142 valence electrons. The minimum atomic E-state index is -0.833. The number of carbonyl (C=O) groups excluding carboxylic acids is 2. The molecule has 2 aromatic rings. The first kappa shape index (κ1) is 21.6. The maximum atomic E-state index is 12.1. The van der Waals surface area contributed by atoms with E-state index in [1.54, 1.807) is 13.0 Å². The predicted octanol–water partition coefficient (Wildman–Crippen LogP) is 3.61. The van der Waals surface area contributed by atoms with Crippen LogP contribution in [0.2, 0.25) is 0 Å². The molecule has 0 heterocycles. The Kier molecular flexibility index (Phi) is 9.02. The second-order valence-electron chi connectivity index (χ2n) is 5.77. The Morgan fingerprint density at radius 2 is 1.48 bits per heavy atom. The fourth-order valence-corrected chi connectivity index (χ4v) is 2.36. The molecule has 0 atom stereocenters. The van der Waals surface area contributed by atoms with Crippen LogP contribution in [0.25, 0.3) is 11.1 Å². The zero-order valence-corrected chi connectivity index (χ0v) is 15.7. The van der Waals surface area contributed by atoms with E-state index in [0.717, 1.165) is 30.2 Å². The highest BCUT2D eigenvalue weighted by molar-refractivity contribution is 5.98. The third kappa shape index (κ3) is 7.56. The number of urea groups is 1. The van der Waals surface area contributed by atoms with Gasteiger partial charge in [0.2, 0.25) is 0 Å². The molecular formula is C21H26N4O2. The van der Waals surface area contributed by atoms with Gasteiger partial charge in [0.1, 0.15) is 0 Å². The van der Waals surface area contributed by atoms with Crippen molar-refractivity contribution in [3.05, 3.63) is 71.4 Å². The maximum absolute atomic E-state index is 12.1. The summed E-state index contributed by atoms with van der Waals surface area (Å²) in [5.74, 6) is -0.202. The van der Waals surface area contributed by atoms with Gasteiger partial charge >= 0.3 is 6.03 Å². The normalized spacial score (nSPS) is 10.4. The van der Waals surface area contributed by atoms with Crippen molar-refractivity contribution in [3.8, 4) is 11.1 Å². The Labute approximate surface area is 159 Å². The number of primary amides is 2. The molecule has 0 fully saturated rings. The summed E-state index contributed by atoms with van der Waals surface area (Å²) in [6.45, 7) is 3.96. The minimum absolute atomic E-state index is 0.202. The Bertz CT molecular complexity index is 790. The first-order valence-electron chi connectivity index (χ1n) is 8.63. The van der Waals surface area contributed by atoms with E-state index < -0.39 is 6.03 Å². The van der Waals surface area contributed by atoms with Crippen molar-refractivity contribution in [2.75, 3.05) is 0 Å². The molecule has 3 amide bonds. The number of aryl methyl sites for hydroxylation is 1. The average molecular weight is 366 g/mol. The van der Waals surface area contributed by atoms with Crippen molar-refractivity contribution in [1.82, 2.24) is 5.32 Å². The van der Waals surface area contributed by atoms with Crippen molar-refractivity contribution < 1.29 is 9.59 Å². The van der Waals surface area contributed by atoms with Gasteiger partial charge in [-0.15, -0.1) is 0 Å². The highest BCUT2D eigenvalue weighted by Gasteiger charge is 2.07. The van der Waals surface area contributed by atoms with Gasteiger partial charge in [0.15, 0.2) is 0 Å². The number of amides is 3. The summed E-state index contributed by atoms with van der Waals surface area (Å²) in [5, 5.41) is 9.89. The molecule has 2 rings (SSSR count). The summed E-state index contributed by atoms with van der Waals surface area (Å²) in [4.78, 5) is 21.1. The van der Waals surface area contributed by atoms with Crippen molar-refractivity contribution in [2.24, 2.45) is 11.5 Å². The van der Waals surface area contributed by atoms with Crippen LogP contribution < -0.4 is 16.8 Å². The van der Waals surface area contributed by atoms with Gasteiger partial charge in [0.25, 0.3) is 5.91 Å². The molecule has 0 saturated carbocycles. The molecule has 0 radical (unpaired) electrons. The maximum Gasteiger partial charge on any atom is 0.309 e. The van der Waals surface area contributed by atoms with Crippen LogP contribution in [0.5, 0.6) is 0 Å². The van der Waals surface area contributed by atoms with Gasteiger partial charge in [-0.05, 0) is 42.2 Å². The summed E-state index contributed by atoms with van der Waals surface area (Å²) in [6.07, 6.45) is 5.06. The number of hydrogen-bond donors (Lipinski definition) is 4. The molecule has 0 unspecified atom stereocenters. The molecule has 0 saturated heterocycles. The fraction of sp³-hybridized carbons (Fsp3) is 0.190. The molecular weight excluding hydrogens is 340 g/mol. The van der Waals surface area contributed by atoms with Gasteiger partial charge in [-0.2, -0.15) is 0 Å². The first-order valence-corrected chi connectivity index (χ1v) is 8.63. The third-order valence-electron chi connectivity index (χ3n) is 3.70. The fourth-order valence-electron chi connectivity index (χ4n) is 2.36. The van der Waals surface area contributed by atoms with Gasteiger partial charge in [0.05, 0.1) is 5.70 Å². The lowest BCUT2D eigenvalue weighted by molar-refractivity contribution is 0.0968. The third-order valence-corrected chi connectivity index (χ3v) is 3.70. The quantitative estimate of drug-likeness (QED) is 0.584. The van der Waals surface area contributed by atoms with E-state index >= 15 is 0 Å². The summed E-state index contributed by atoms with van der Waals surface area (Å²) < 4.78 is 0. The van der Waals surface area contributed by atoms with Crippen LogP contribution in [0, 0.1) is 5.41 Å². The Hall–Kier alpha value is -3.41. The molecule has 0 spiro atoms. The van der Waals surface area contributed by atoms with E-state index in [1.807, 2.05) is 24.3 Å². The van der Waals surface area contributed by atoms with E-state index in [-0.39, 0.29) is 5.91 Å². The van der Waals surface area contributed by atoms with E-state index in [1.165, 1.54) is 5.56 Å². The van der Waals surface area contributed by atoms with E-state index in [2.05, 4.69) is 48.0 Å². The molecule has 0 aromatic heterocycles. The SMILES string of the molecule is C/C=C(\C=N)NC(=O)c1ccc(-c2ccc(CCC)cc2)cc1.NC(N)=O. The van der Waals surface area contributed by atoms with Gasteiger partial charge in [0, 0.05) is 11.8 Å². The predicted molar refractivity (Wildman–Crippen MR) is 110 cm³/mol. The number of hydrogen-bond acceptors (Lipinski definition) is 3. The number of nitrogens with one attached hydrogen (secondary N) is 2. The summed E-state index contributed by atoms with van der Waals surface area (Å²) in [5.41, 5.74) is 13.1. The second-order valence-corrected chi connectivity index (χ2v) is 5.77. The number of nitrogens with two attached hydrogens (primary N) is 2. The highest BCUT2D eigenvalue weighted by Crippen LogP contribution is 2.21. The monoisotopic (exact) mass is 366 g/mol. The smallest absolute Gasteiger partial charge is 0.309 e. The topological polar surface area (TPSA) is 122 Å². The summed E-state index contributed by atoms with van der Waals surface area (Å²) >= 11 is 0. The van der Waals surface area contributed by atoms with Crippen LogP contribution in [0.4, 0.5) is 4.79 Å². The molecule has 0 bridgehead atoms. The number of benzene rings is 2. The number of carbonyl (C=O) groups is 2. The average Bonchev–Trinajstić information content (AvgIpc) is 2.66. The molecule has 0 aliphatic carbocycles. The van der Waals surface area contributed by atoms with Crippen LogP contribution in [0.1, 0.15) is 36.2 Å². The lowest BCUT2D eigenvalue weighted by Crippen LogP contribution is -2.23. The van der Waals surface area contributed by atoms with Crippen molar-refractivity contribution in [1.29, 1.82) is 5.41 Å². The zero-order chi connectivity index (χ0) is 20.2. The molecule has 2 aromatic carbocycles. The Morgan fingerprint density at radius 3 is 1.89 bits per heavy atom. The molecule has 6 nitrogen and oxygen atoms in total.